The maximum absolute atomic E-state index is 10.7. The lowest BCUT2D eigenvalue weighted by molar-refractivity contribution is -0.137. The van der Waals surface area contributed by atoms with E-state index in [9.17, 15) is 4.79 Å². The van der Waals surface area contributed by atoms with E-state index < -0.39 is 5.97 Å². The largest absolute Gasteiger partial charge is 0.493 e. The molecule has 1 aromatic carbocycles. The molecule has 0 radical (unpaired) electrons. The summed E-state index contributed by atoms with van der Waals surface area (Å²) in [6, 6.07) is 4.06. The van der Waals surface area contributed by atoms with Gasteiger partial charge in [-0.3, -0.25) is 4.79 Å². The van der Waals surface area contributed by atoms with Crippen molar-refractivity contribution in [2.45, 2.75) is 51.0 Å². The Labute approximate surface area is 211 Å². The van der Waals surface area contributed by atoms with Crippen LogP contribution < -0.4 is 14.8 Å². The summed E-state index contributed by atoms with van der Waals surface area (Å²) in [6.07, 6.45) is 6.35. The summed E-state index contributed by atoms with van der Waals surface area (Å²) in [6.45, 7) is 6.71. The molecule has 3 heterocycles. The van der Waals surface area contributed by atoms with E-state index in [-0.39, 0.29) is 17.7 Å². The second kappa shape index (κ2) is 12.6. The number of nitrogens with zero attached hydrogens (tertiary/aromatic N) is 4. The van der Waals surface area contributed by atoms with Crippen LogP contribution in [0.2, 0.25) is 5.28 Å². The molecule has 2 aliphatic rings. The predicted octanol–water partition coefficient (Wildman–Crippen LogP) is 3.90. The van der Waals surface area contributed by atoms with Gasteiger partial charge in [-0.15, -0.1) is 0 Å². The number of hydrogen-bond donors (Lipinski definition) is 2. The Bertz CT molecular complexity index is 993. The molecule has 2 fully saturated rings. The monoisotopic (exact) mass is 505 g/mol. The Hall–Kier alpha value is -2.36. The van der Waals surface area contributed by atoms with Crippen LogP contribution in [0, 0.1) is 0 Å². The molecular formula is C25H36ClN5O4. The number of carboxylic acid groups (broad SMARTS) is 1. The fraction of sp³-hybridized carbons (Fsp3) is 0.640. The lowest BCUT2D eigenvalue weighted by Crippen LogP contribution is -2.39. The molecule has 192 valence electrons. The van der Waals surface area contributed by atoms with Gasteiger partial charge in [-0.25, -0.2) is 9.97 Å². The molecule has 0 unspecified atom stereocenters. The molecule has 0 spiro atoms. The van der Waals surface area contributed by atoms with E-state index in [1.807, 2.05) is 12.1 Å². The van der Waals surface area contributed by atoms with Crippen molar-refractivity contribution in [3.05, 3.63) is 17.4 Å². The minimum Gasteiger partial charge on any atom is -0.493 e. The van der Waals surface area contributed by atoms with E-state index in [0.717, 1.165) is 50.8 Å². The first kappa shape index (κ1) is 25.7. The van der Waals surface area contributed by atoms with Crippen LogP contribution in [0.3, 0.4) is 0 Å². The van der Waals surface area contributed by atoms with Gasteiger partial charge in [-0.1, -0.05) is 0 Å². The van der Waals surface area contributed by atoms with Crippen molar-refractivity contribution in [1.82, 2.24) is 19.8 Å². The zero-order valence-corrected chi connectivity index (χ0v) is 21.2. The van der Waals surface area contributed by atoms with Crippen molar-refractivity contribution < 1.29 is 19.4 Å². The van der Waals surface area contributed by atoms with Crippen molar-refractivity contribution in [1.29, 1.82) is 0 Å². The summed E-state index contributed by atoms with van der Waals surface area (Å²) in [5.41, 5.74) is 0.717. The summed E-state index contributed by atoms with van der Waals surface area (Å²) in [7, 11) is 1.64. The van der Waals surface area contributed by atoms with Gasteiger partial charge in [0.15, 0.2) is 11.5 Å². The number of halogens is 1. The van der Waals surface area contributed by atoms with Crippen molar-refractivity contribution in [3.63, 3.8) is 0 Å². The number of ether oxygens (including phenoxy) is 2. The Kier molecular flexibility index (Phi) is 9.23. The number of carboxylic acids is 1. The third-order valence-corrected chi connectivity index (χ3v) is 6.99. The van der Waals surface area contributed by atoms with Gasteiger partial charge in [0.25, 0.3) is 0 Å². The van der Waals surface area contributed by atoms with Crippen LogP contribution in [0.5, 0.6) is 11.5 Å². The second-order valence-electron chi connectivity index (χ2n) is 9.37. The van der Waals surface area contributed by atoms with E-state index in [2.05, 4.69) is 25.1 Å². The topological polar surface area (TPSA) is 100 Å². The maximum atomic E-state index is 10.7. The number of fused-ring (bicyclic) bond motifs is 1. The molecular weight excluding hydrogens is 470 g/mol. The first-order chi connectivity index (χ1) is 17.0. The molecule has 2 aromatic rings. The van der Waals surface area contributed by atoms with Gasteiger partial charge < -0.3 is 29.7 Å². The molecule has 1 aromatic heterocycles. The average Bonchev–Trinajstić information content (AvgIpc) is 3.36. The molecule has 0 amide bonds. The fourth-order valence-electron chi connectivity index (χ4n) is 4.92. The molecule has 35 heavy (non-hydrogen) atoms. The summed E-state index contributed by atoms with van der Waals surface area (Å²) >= 11 is 6.28. The van der Waals surface area contributed by atoms with Crippen LogP contribution in [0.15, 0.2) is 12.1 Å². The number of aromatic nitrogens is 2. The van der Waals surface area contributed by atoms with E-state index in [0.29, 0.717) is 35.9 Å². The fourth-order valence-corrected chi connectivity index (χ4v) is 5.09. The van der Waals surface area contributed by atoms with Gasteiger partial charge in [0, 0.05) is 43.5 Å². The van der Waals surface area contributed by atoms with Crippen LogP contribution in [0.25, 0.3) is 10.9 Å². The van der Waals surface area contributed by atoms with E-state index in [1.165, 1.54) is 25.9 Å². The van der Waals surface area contributed by atoms with Crippen LogP contribution in [-0.2, 0) is 4.79 Å². The number of piperidine rings is 1. The number of benzene rings is 1. The molecule has 10 heteroatoms. The van der Waals surface area contributed by atoms with Crippen LogP contribution in [0.4, 0.5) is 5.82 Å². The predicted molar refractivity (Wildman–Crippen MR) is 137 cm³/mol. The van der Waals surface area contributed by atoms with E-state index in [1.54, 1.807) is 7.11 Å². The third kappa shape index (κ3) is 7.32. The summed E-state index contributed by atoms with van der Waals surface area (Å²) in [5, 5.41) is 13.4. The first-order valence-electron chi connectivity index (χ1n) is 12.6. The Morgan fingerprint density at radius 1 is 1.09 bits per heavy atom. The molecule has 4 rings (SSSR count). The molecule has 0 aliphatic carbocycles. The first-order valence-corrected chi connectivity index (χ1v) is 13.0. The molecule has 2 N–H and O–H groups in total. The number of hydrogen-bond acceptors (Lipinski definition) is 8. The normalized spacial score (nSPS) is 17.7. The van der Waals surface area contributed by atoms with Gasteiger partial charge in [-0.05, 0) is 75.8 Å². The number of likely N-dealkylation sites (tertiary alicyclic amines) is 2. The standard InChI is InChI=1S/C25H36ClN5O4/c1-34-21-16-19-20(17-22(21)35-15-5-12-30-9-2-3-10-30)28-25(26)29-24(19)27-18-7-13-31(14-8-18)11-4-6-23(32)33/h16-18H,2-15H2,1H3,(H,32,33)(H,27,28,29). The highest BCUT2D eigenvalue weighted by Crippen LogP contribution is 2.35. The van der Waals surface area contributed by atoms with Crippen molar-refractivity contribution >= 4 is 34.3 Å². The third-order valence-electron chi connectivity index (χ3n) is 6.82. The SMILES string of the molecule is COc1cc2c(NC3CCN(CCCC(=O)O)CC3)nc(Cl)nc2cc1OCCCN1CCCC1. The average molecular weight is 506 g/mol. The van der Waals surface area contributed by atoms with Gasteiger partial charge in [0.1, 0.15) is 5.82 Å². The number of anilines is 1. The van der Waals surface area contributed by atoms with Crippen LogP contribution in [0.1, 0.15) is 44.9 Å². The molecule has 0 bridgehead atoms. The summed E-state index contributed by atoms with van der Waals surface area (Å²) in [4.78, 5) is 24.4. The smallest absolute Gasteiger partial charge is 0.303 e. The number of methoxy groups -OCH3 is 1. The minimum atomic E-state index is -0.736. The number of aliphatic carboxylic acids is 1. The van der Waals surface area contributed by atoms with Crippen molar-refractivity contribution in [2.75, 3.05) is 58.3 Å². The summed E-state index contributed by atoms with van der Waals surface area (Å²) < 4.78 is 11.7. The molecule has 0 saturated carbocycles. The highest BCUT2D eigenvalue weighted by atomic mass is 35.5. The molecule has 0 atom stereocenters. The summed E-state index contributed by atoms with van der Waals surface area (Å²) in [5.74, 6) is 1.28. The maximum Gasteiger partial charge on any atom is 0.303 e. The highest BCUT2D eigenvalue weighted by Gasteiger charge is 2.21. The van der Waals surface area contributed by atoms with Crippen LogP contribution >= 0.6 is 11.6 Å². The number of nitrogens with one attached hydrogen (secondary N) is 1. The molecule has 9 nitrogen and oxygen atoms in total. The van der Waals surface area contributed by atoms with Gasteiger partial charge in [0.2, 0.25) is 5.28 Å². The lowest BCUT2D eigenvalue weighted by Gasteiger charge is -2.32. The Morgan fingerprint density at radius 2 is 1.80 bits per heavy atom. The van der Waals surface area contributed by atoms with Gasteiger partial charge in [-0.2, -0.15) is 0 Å². The van der Waals surface area contributed by atoms with Crippen molar-refractivity contribution in [2.24, 2.45) is 0 Å². The Morgan fingerprint density at radius 3 is 2.51 bits per heavy atom. The van der Waals surface area contributed by atoms with Gasteiger partial charge >= 0.3 is 5.97 Å². The van der Waals surface area contributed by atoms with Crippen molar-refractivity contribution in [3.8, 4) is 11.5 Å². The van der Waals surface area contributed by atoms with Gasteiger partial charge in [0.05, 0.1) is 19.2 Å². The lowest BCUT2D eigenvalue weighted by atomic mass is 10.0. The number of carbonyl (C=O) groups is 1. The van der Waals surface area contributed by atoms with E-state index in [4.69, 9.17) is 26.2 Å². The Balaban J connectivity index is 1.38. The zero-order chi connectivity index (χ0) is 24.6. The molecule has 2 aliphatic heterocycles. The zero-order valence-electron chi connectivity index (χ0n) is 20.5. The molecule has 2 saturated heterocycles. The quantitative estimate of drug-likeness (QED) is 0.328. The van der Waals surface area contributed by atoms with E-state index >= 15 is 0 Å². The second-order valence-corrected chi connectivity index (χ2v) is 9.71. The number of rotatable bonds is 12. The minimum absolute atomic E-state index is 0.191. The van der Waals surface area contributed by atoms with Crippen LogP contribution in [-0.4, -0.2) is 89.9 Å². The highest BCUT2D eigenvalue weighted by molar-refractivity contribution is 6.28.